The second-order valence-corrected chi connectivity index (χ2v) is 4.89. The summed E-state index contributed by atoms with van der Waals surface area (Å²) in [5, 5.41) is 6.59. The van der Waals surface area contributed by atoms with Gasteiger partial charge < -0.3 is 14.8 Å². The van der Waals surface area contributed by atoms with Crippen molar-refractivity contribution in [1.82, 2.24) is 10.7 Å². The maximum Gasteiger partial charge on any atom is 0.340 e. The second-order valence-electron chi connectivity index (χ2n) is 4.89. The molecule has 1 amide bonds. The van der Waals surface area contributed by atoms with Crippen LogP contribution in [0.25, 0.3) is 0 Å². The average molecular weight is 319 g/mol. The highest BCUT2D eigenvalue weighted by Gasteiger charge is 2.59. The molecule has 0 saturated carbocycles. The highest BCUT2D eigenvalue weighted by atomic mass is 16.5. The first-order chi connectivity index (χ1) is 11.0. The van der Waals surface area contributed by atoms with Crippen molar-refractivity contribution in [2.75, 3.05) is 14.2 Å². The van der Waals surface area contributed by atoms with Gasteiger partial charge in [0.15, 0.2) is 6.04 Å². The number of nitrogens with one attached hydrogen (secondary N) is 2. The minimum absolute atomic E-state index is 0.176. The molecule has 2 atom stereocenters. The molecule has 1 aliphatic rings. The number of benzene rings is 1. The maximum absolute atomic E-state index is 12.5. The predicted molar refractivity (Wildman–Crippen MR) is 80.5 cm³/mol. The Hall–Kier alpha value is -2.90. The zero-order valence-electron chi connectivity index (χ0n) is 13.0. The molecule has 2 rings (SSSR count). The first-order valence-corrected chi connectivity index (χ1v) is 6.81. The van der Waals surface area contributed by atoms with E-state index >= 15 is 0 Å². The predicted octanol–water partition coefficient (Wildman–Crippen LogP) is -0.417. The number of nitrogens with zero attached hydrogens (tertiary/aromatic N) is 1. The van der Waals surface area contributed by atoms with Crippen molar-refractivity contribution in [1.29, 1.82) is 0 Å². The molecule has 0 spiro atoms. The van der Waals surface area contributed by atoms with Gasteiger partial charge in [0.25, 0.3) is 0 Å². The lowest BCUT2D eigenvalue weighted by Crippen LogP contribution is -2.68. The van der Waals surface area contributed by atoms with Crippen molar-refractivity contribution >= 4 is 23.6 Å². The third-order valence-electron chi connectivity index (χ3n) is 3.48. The van der Waals surface area contributed by atoms with Crippen LogP contribution in [0.1, 0.15) is 12.5 Å². The van der Waals surface area contributed by atoms with Gasteiger partial charge in [0.1, 0.15) is 5.71 Å². The lowest BCUT2D eigenvalue weighted by atomic mass is 9.82. The molecule has 122 valence electrons. The molecule has 8 nitrogen and oxygen atoms in total. The van der Waals surface area contributed by atoms with Gasteiger partial charge in [-0.2, -0.15) is 5.10 Å². The largest absolute Gasteiger partial charge is 0.467 e. The molecule has 2 N–H and O–H groups in total. The summed E-state index contributed by atoms with van der Waals surface area (Å²) in [5.74, 6) is -2.09. The minimum atomic E-state index is -1.81. The van der Waals surface area contributed by atoms with Crippen molar-refractivity contribution in [3.63, 3.8) is 0 Å². The molecule has 1 aliphatic heterocycles. The second kappa shape index (κ2) is 6.47. The van der Waals surface area contributed by atoms with Crippen LogP contribution in [0.5, 0.6) is 0 Å². The Labute approximate surface area is 132 Å². The van der Waals surface area contributed by atoms with Crippen LogP contribution in [0.2, 0.25) is 0 Å². The molecule has 0 aromatic heterocycles. The lowest BCUT2D eigenvalue weighted by molar-refractivity contribution is -0.155. The van der Waals surface area contributed by atoms with Crippen LogP contribution < -0.4 is 10.7 Å². The molecule has 2 unspecified atom stereocenters. The van der Waals surface area contributed by atoms with Crippen molar-refractivity contribution < 1.29 is 23.9 Å². The summed E-state index contributed by atoms with van der Waals surface area (Å²) in [4.78, 5) is 36.3. The summed E-state index contributed by atoms with van der Waals surface area (Å²) in [6.45, 7) is 1.24. The Morgan fingerprint density at radius 3 is 2.35 bits per heavy atom. The zero-order valence-corrected chi connectivity index (χ0v) is 13.0. The van der Waals surface area contributed by atoms with Gasteiger partial charge in [-0.1, -0.05) is 30.3 Å². The number of rotatable bonds is 4. The van der Waals surface area contributed by atoms with Gasteiger partial charge >= 0.3 is 11.9 Å². The number of hydrogen-bond donors (Lipinski definition) is 2. The number of hydrogen-bond acceptors (Lipinski definition) is 7. The molecule has 1 aromatic carbocycles. The highest BCUT2D eigenvalue weighted by molar-refractivity contribution is 6.24. The fraction of sp³-hybridized carbons (Fsp3) is 0.333. The van der Waals surface area contributed by atoms with E-state index in [4.69, 9.17) is 9.47 Å². The van der Waals surface area contributed by atoms with E-state index in [1.165, 1.54) is 21.1 Å². The van der Waals surface area contributed by atoms with Crippen LogP contribution in [-0.2, 0) is 23.9 Å². The fourth-order valence-electron chi connectivity index (χ4n) is 2.52. The topological polar surface area (TPSA) is 106 Å². The van der Waals surface area contributed by atoms with Gasteiger partial charge in [-0.3, -0.25) is 10.2 Å². The Morgan fingerprint density at radius 2 is 1.83 bits per heavy atom. The summed E-state index contributed by atoms with van der Waals surface area (Å²) in [5.41, 5.74) is 1.49. The first-order valence-electron chi connectivity index (χ1n) is 6.81. The van der Waals surface area contributed by atoms with E-state index in [1.807, 2.05) is 0 Å². The number of carbonyl (C=O) groups is 3. The van der Waals surface area contributed by atoms with E-state index in [-0.39, 0.29) is 5.71 Å². The summed E-state index contributed by atoms with van der Waals surface area (Å²) in [6, 6.07) is 7.47. The van der Waals surface area contributed by atoms with Crippen molar-refractivity contribution in [3.8, 4) is 0 Å². The number of amides is 1. The van der Waals surface area contributed by atoms with Gasteiger partial charge in [-0.25, -0.2) is 9.59 Å². The number of hydrazone groups is 1. The molecule has 23 heavy (non-hydrogen) atoms. The number of methoxy groups -OCH3 is 2. The van der Waals surface area contributed by atoms with E-state index < -0.39 is 29.4 Å². The van der Waals surface area contributed by atoms with E-state index in [9.17, 15) is 14.4 Å². The molecular weight excluding hydrogens is 302 g/mol. The van der Waals surface area contributed by atoms with Gasteiger partial charge in [0.05, 0.1) is 14.2 Å². The Balaban J connectivity index is 2.62. The normalized spacial score (nSPS) is 22.6. The number of esters is 2. The van der Waals surface area contributed by atoms with E-state index in [1.54, 1.807) is 30.3 Å². The van der Waals surface area contributed by atoms with Crippen LogP contribution in [0.4, 0.5) is 0 Å². The average Bonchev–Trinajstić information content (AvgIpc) is 2.93. The molecule has 0 fully saturated rings. The Morgan fingerprint density at radius 1 is 1.17 bits per heavy atom. The number of carbonyl (C=O) groups excluding carboxylic acids is 3. The van der Waals surface area contributed by atoms with E-state index in [0.29, 0.717) is 5.56 Å². The zero-order chi connectivity index (χ0) is 17.0. The van der Waals surface area contributed by atoms with Crippen LogP contribution in [0.15, 0.2) is 35.4 Å². The van der Waals surface area contributed by atoms with Crippen molar-refractivity contribution in [2.45, 2.75) is 18.5 Å². The summed E-state index contributed by atoms with van der Waals surface area (Å²) in [7, 11) is 2.35. The van der Waals surface area contributed by atoms with Gasteiger partial charge in [-0.15, -0.1) is 0 Å². The van der Waals surface area contributed by atoms with E-state index in [2.05, 4.69) is 15.8 Å². The van der Waals surface area contributed by atoms with Crippen molar-refractivity contribution in [3.05, 3.63) is 35.9 Å². The molecule has 0 saturated heterocycles. The number of ether oxygens (including phenoxy) is 2. The molecule has 8 heteroatoms. The third kappa shape index (κ3) is 2.75. The first kappa shape index (κ1) is 16.5. The van der Waals surface area contributed by atoms with Crippen molar-refractivity contribution in [2.24, 2.45) is 5.10 Å². The monoisotopic (exact) mass is 319 g/mol. The molecule has 0 radical (unpaired) electrons. The van der Waals surface area contributed by atoms with Gasteiger partial charge in [0.2, 0.25) is 11.4 Å². The molecular formula is C15H17N3O5. The third-order valence-corrected chi connectivity index (χ3v) is 3.48. The summed E-state index contributed by atoms with van der Waals surface area (Å²) < 4.78 is 9.55. The smallest absolute Gasteiger partial charge is 0.340 e. The van der Waals surface area contributed by atoms with Gasteiger partial charge in [-0.05, 0) is 0 Å². The molecule has 1 heterocycles. The minimum Gasteiger partial charge on any atom is -0.467 e. The van der Waals surface area contributed by atoms with Crippen LogP contribution in [-0.4, -0.2) is 49.4 Å². The highest BCUT2D eigenvalue weighted by Crippen LogP contribution is 2.26. The SMILES string of the molecule is COC(=O)C1NN=C(c2ccccc2)C1(NC(C)=O)C(=O)OC. The van der Waals surface area contributed by atoms with Gasteiger partial charge in [0, 0.05) is 12.5 Å². The quantitative estimate of drug-likeness (QED) is 0.730. The summed E-state index contributed by atoms with van der Waals surface area (Å²) in [6.07, 6.45) is 0. The Kier molecular flexibility index (Phi) is 4.63. The van der Waals surface area contributed by atoms with Crippen LogP contribution in [0, 0.1) is 0 Å². The molecule has 0 aliphatic carbocycles. The van der Waals surface area contributed by atoms with E-state index in [0.717, 1.165) is 0 Å². The standard InChI is InChI=1S/C15H17N3O5/c1-9(19)16-15(14(21)23-3)11(10-7-5-4-6-8-10)17-18-12(15)13(20)22-2/h4-8,12,18H,1-3H3,(H,16,19). The Bertz CT molecular complexity index is 658. The molecule has 0 bridgehead atoms. The molecule has 1 aromatic rings. The van der Waals surface area contributed by atoms with Crippen LogP contribution >= 0.6 is 0 Å². The lowest BCUT2D eigenvalue weighted by Gasteiger charge is -2.32. The van der Waals surface area contributed by atoms with Crippen LogP contribution in [0.3, 0.4) is 0 Å². The maximum atomic E-state index is 12.5. The fourth-order valence-corrected chi connectivity index (χ4v) is 2.52. The summed E-state index contributed by atoms with van der Waals surface area (Å²) >= 11 is 0.